The predicted octanol–water partition coefficient (Wildman–Crippen LogP) is 1.19. The van der Waals surface area contributed by atoms with Crippen LogP contribution in [0.3, 0.4) is 0 Å². The van der Waals surface area contributed by atoms with Gasteiger partial charge >= 0.3 is 11.8 Å². The van der Waals surface area contributed by atoms with E-state index in [-0.39, 0.29) is 18.5 Å². The lowest BCUT2D eigenvalue weighted by atomic mass is 10.2. The van der Waals surface area contributed by atoms with Gasteiger partial charge in [0.2, 0.25) is 12.6 Å². The molecule has 0 atom stereocenters. The summed E-state index contributed by atoms with van der Waals surface area (Å²) in [6.07, 6.45) is 4.52. The Hall–Kier alpha value is -3.49. The molecule has 4 rings (SSSR count). The fourth-order valence-corrected chi connectivity index (χ4v) is 2.14. The van der Waals surface area contributed by atoms with Crippen LogP contribution in [0, 0.1) is 0 Å². The maximum atomic E-state index is 12.1. The summed E-state index contributed by atoms with van der Waals surface area (Å²) in [7, 11) is 0. The zero-order chi connectivity index (χ0) is 16.4. The van der Waals surface area contributed by atoms with E-state index in [1.165, 1.54) is 18.6 Å². The average Bonchev–Trinajstić information content (AvgIpc) is 3.29. The van der Waals surface area contributed by atoms with Crippen molar-refractivity contribution in [1.29, 1.82) is 0 Å². The number of carbonyl (C=O) groups is 1. The highest BCUT2D eigenvalue weighted by molar-refractivity contribution is 5.89. The predicted molar refractivity (Wildman–Crippen MR) is 79.1 cm³/mol. The molecule has 2 aromatic heterocycles. The number of amides is 1. The molecule has 1 aliphatic heterocycles. The highest BCUT2D eigenvalue weighted by Crippen LogP contribution is 2.32. The third kappa shape index (κ3) is 2.74. The maximum absolute atomic E-state index is 12.1. The van der Waals surface area contributed by atoms with E-state index in [1.54, 1.807) is 12.1 Å². The molecule has 0 saturated heterocycles. The van der Waals surface area contributed by atoms with Gasteiger partial charge in [-0.2, -0.15) is 4.98 Å². The molecule has 3 heterocycles. The Kier molecular flexibility index (Phi) is 3.50. The first-order chi connectivity index (χ1) is 11.8. The van der Waals surface area contributed by atoms with Crippen LogP contribution in [-0.4, -0.2) is 32.8 Å². The Morgan fingerprint density at radius 3 is 3.00 bits per heavy atom. The number of carbonyl (C=O) groups excluding carboxylic acids is 1. The van der Waals surface area contributed by atoms with Gasteiger partial charge in [0.15, 0.2) is 11.5 Å². The number of nitrogens with one attached hydrogen (secondary N) is 1. The van der Waals surface area contributed by atoms with E-state index in [1.807, 2.05) is 6.07 Å². The number of hydrogen-bond acceptors (Lipinski definition) is 8. The molecule has 0 fully saturated rings. The van der Waals surface area contributed by atoms with Gasteiger partial charge in [0, 0.05) is 18.9 Å². The van der Waals surface area contributed by atoms with Crippen molar-refractivity contribution in [3.05, 3.63) is 48.2 Å². The third-order valence-electron chi connectivity index (χ3n) is 3.30. The topological polar surface area (TPSA) is 112 Å². The van der Waals surface area contributed by atoms with Crippen LogP contribution in [0.5, 0.6) is 11.5 Å². The second-order valence-electron chi connectivity index (χ2n) is 4.88. The van der Waals surface area contributed by atoms with Crippen LogP contribution in [0.25, 0.3) is 11.5 Å². The summed E-state index contributed by atoms with van der Waals surface area (Å²) in [4.78, 5) is 24.1. The summed E-state index contributed by atoms with van der Waals surface area (Å²) in [5.74, 6) is 0.933. The summed E-state index contributed by atoms with van der Waals surface area (Å²) in [5.41, 5.74) is 1.29. The minimum atomic E-state index is -0.477. The van der Waals surface area contributed by atoms with Gasteiger partial charge < -0.3 is 19.3 Å². The molecule has 0 saturated carbocycles. The summed E-state index contributed by atoms with van der Waals surface area (Å²) in [6, 6.07) is 5.44. The molecule has 0 bridgehead atoms. The van der Waals surface area contributed by atoms with E-state index < -0.39 is 5.91 Å². The van der Waals surface area contributed by atoms with Crippen molar-refractivity contribution in [1.82, 2.24) is 25.4 Å². The Bertz CT molecular complexity index is 881. The molecule has 9 nitrogen and oxygen atoms in total. The Labute approximate surface area is 135 Å². The van der Waals surface area contributed by atoms with Crippen LogP contribution in [-0.2, 0) is 6.54 Å². The molecule has 0 radical (unpaired) electrons. The van der Waals surface area contributed by atoms with Gasteiger partial charge in [-0.15, -0.1) is 0 Å². The molecular formula is C15H11N5O4. The third-order valence-corrected chi connectivity index (χ3v) is 3.30. The largest absolute Gasteiger partial charge is 0.454 e. The lowest BCUT2D eigenvalue weighted by Gasteiger charge is -2.03. The number of hydrogen-bond donors (Lipinski definition) is 1. The lowest BCUT2D eigenvalue weighted by molar-refractivity contribution is 0.0907. The van der Waals surface area contributed by atoms with E-state index in [0.29, 0.717) is 23.7 Å². The van der Waals surface area contributed by atoms with Gasteiger partial charge in [0.05, 0.1) is 6.20 Å². The van der Waals surface area contributed by atoms with E-state index in [4.69, 9.17) is 14.0 Å². The van der Waals surface area contributed by atoms with Crippen molar-refractivity contribution in [2.24, 2.45) is 0 Å². The monoisotopic (exact) mass is 325 g/mol. The zero-order valence-electron chi connectivity index (χ0n) is 12.3. The molecule has 1 aromatic carbocycles. The van der Waals surface area contributed by atoms with E-state index in [9.17, 15) is 4.79 Å². The number of aromatic nitrogens is 4. The highest BCUT2D eigenvalue weighted by Gasteiger charge is 2.17. The molecule has 3 aromatic rings. The molecule has 120 valence electrons. The number of fused-ring (bicyclic) bond motifs is 1. The van der Waals surface area contributed by atoms with E-state index >= 15 is 0 Å². The Morgan fingerprint density at radius 1 is 1.21 bits per heavy atom. The van der Waals surface area contributed by atoms with Crippen LogP contribution >= 0.6 is 0 Å². The lowest BCUT2D eigenvalue weighted by Crippen LogP contribution is -2.23. The second-order valence-corrected chi connectivity index (χ2v) is 4.88. The first-order valence-corrected chi connectivity index (χ1v) is 7.06. The molecule has 24 heavy (non-hydrogen) atoms. The molecule has 0 unspecified atom stereocenters. The van der Waals surface area contributed by atoms with Gasteiger partial charge in [-0.05, 0) is 17.7 Å². The molecule has 1 N–H and O–H groups in total. The van der Waals surface area contributed by atoms with Gasteiger partial charge in [-0.25, -0.2) is 4.98 Å². The minimum Gasteiger partial charge on any atom is -0.454 e. The van der Waals surface area contributed by atoms with Crippen molar-refractivity contribution >= 4 is 5.91 Å². The first-order valence-electron chi connectivity index (χ1n) is 7.06. The standard InChI is InChI=1S/C15H11N5O4/c21-14(15-19-13(20-24-15)10-7-16-3-4-17-10)18-6-9-1-2-11-12(5-9)23-8-22-11/h1-5,7H,6,8H2,(H,18,21). The number of rotatable bonds is 4. The van der Waals surface area contributed by atoms with Crippen LogP contribution in [0.2, 0.25) is 0 Å². The van der Waals surface area contributed by atoms with Crippen LogP contribution in [0.1, 0.15) is 16.2 Å². The SMILES string of the molecule is O=C(NCc1ccc2c(c1)OCO2)c1nc(-c2cnccn2)no1. The van der Waals surface area contributed by atoms with Crippen LogP contribution in [0.15, 0.2) is 41.3 Å². The smallest absolute Gasteiger partial charge is 0.316 e. The summed E-state index contributed by atoms with van der Waals surface area (Å²) < 4.78 is 15.5. The highest BCUT2D eigenvalue weighted by atomic mass is 16.7. The summed E-state index contributed by atoms with van der Waals surface area (Å²) in [6.45, 7) is 0.497. The molecule has 1 aliphatic rings. The zero-order valence-corrected chi connectivity index (χ0v) is 12.3. The number of nitrogens with zero attached hydrogens (tertiary/aromatic N) is 4. The number of benzene rings is 1. The molecule has 1 amide bonds. The van der Waals surface area contributed by atoms with Gasteiger partial charge in [0.25, 0.3) is 0 Å². The van der Waals surface area contributed by atoms with Crippen molar-refractivity contribution in [2.75, 3.05) is 6.79 Å². The Balaban J connectivity index is 1.42. The average molecular weight is 325 g/mol. The Morgan fingerprint density at radius 2 is 2.12 bits per heavy atom. The van der Waals surface area contributed by atoms with Crippen molar-refractivity contribution in [3.63, 3.8) is 0 Å². The van der Waals surface area contributed by atoms with Gasteiger partial charge in [-0.3, -0.25) is 9.78 Å². The molecular weight excluding hydrogens is 314 g/mol. The second kappa shape index (κ2) is 5.95. The number of ether oxygens (including phenoxy) is 2. The normalized spacial score (nSPS) is 12.2. The van der Waals surface area contributed by atoms with Crippen molar-refractivity contribution in [2.45, 2.75) is 6.54 Å². The van der Waals surface area contributed by atoms with Crippen molar-refractivity contribution < 1.29 is 18.8 Å². The maximum Gasteiger partial charge on any atom is 0.316 e. The molecule has 0 spiro atoms. The quantitative estimate of drug-likeness (QED) is 0.761. The van der Waals surface area contributed by atoms with Crippen molar-refractivity contribution in [3.8, 4) is 23.0 Å². The van der Waals surface area contributed by atoms with Crippen LogP contribution < -0.4 is 14.8 Å². The fourth-order valence-electron chi connectivity index (χ4n) is 2.14. The van der Waals surface area contributed by atoms with Gasteiger partial charge in [0.1, 0.15) is 5.69 Å². The van der Waals surface area contributed by atoms with E-state index in [0.717, 1.165) is 5.56 Å². The van der Waals surface area contributed by atoms with Crippen LogP contribution in [0.4, 0.5) is 0 Å². The fraction of sp³-hybridized carbons (Fsp3) is 0.133. The van der Waals surface area contributed by atoms with E-state index in [2.05, 4.69) is 25.4 Å². The molecule has 9 heteroatoms. The first kappa shape index (κ1) is 14.1. The minimum absolute atomic E-state index is 0.142. The summed E-state index contributed by atoms with van der Waals surface area (Å²) in [5, 5.41) is 6.43. The summed E-state index contributed by atoms with van der Waals surface area (Å²) >= 11 is 0. The molecule has 0 aliphatic carbocycles. The van der Waals surface area contributed by atoms with Gasteiger partial charge in [-0.1, -0.05) is 11.2 Å².